The van der Waals surface area contributed by atoms with E-state index in [0.29, 0.717) is 6.04 Å². The molecule has 1 atom stereocenters. The number of thiophene rings is 1. The van der Waals surface area contributed by atoms with Gasteiger partial charge < -0.3 is 10.2 Å². The summed E-state index contributed by atoms with van der Waals surface area (Å²) in [6.45, 7) is 7.29. The third kappa shape index (κ3) is 3.58. The Labute approximate surface area is 103 Å². The molecule has 1 aromatic rings. The second-order valence-electron chi connectivity index (χ2n) is 4.59. The van der Waals surface area contributed by atoms with Crippen LogP contribution in [0.3, 0.4) is 0 Å². The van der Waals surface area contributed by atoms with Crippen LogP contribution in [-0.4, -0.2) is 31.1 Å². The van der Waals surface area contributed by atoms with Gasteiger partial charge in [0.05, 0.1) is 0 Å². The minimum atomic E-state index is 0.513. The van der Waals surface area contributed by atoms with Crippen molar-refractivity contribution in [2.75, 3.05) is 26.2 Å². The second kappa shape index (κ2) is 6.38. The molecule has 0 aliphatic carbocycles. The molecule has 1 aliphatic rings. The maximum absolute atomic E-state index is 3.59. The molecule has 0 spiro atoms. The molecule has 16 heavy (non-hydrogen) atoms. The molecule has 2 rings (SSSR count). The molecule has 3 heteroatoms. The molecule has 90 valence electrons. The smallest absolute Gasteiger partial charge is 0.0386 e. The van der Waals surface area contributed by atoms with E-state index in [1.807, 2.05) is 11.3 Å². The Morgan fingerprint density at radius 2 is 2.25 bits per heavy atom. The highest BCUT2D eigenvalue weighted by Crippen LogP contribution is 2.17. The zero-order valence-electron chi connectivity index (χ0n) is 10.1. The fourth-order valence-corrected chi connectivity index (χ4v) is 3.02. The van der Waals surface area contributed by atoms with E-state index in [1.54, 1.807) is 0 Å². The molecule has 1 aliphatic heterocycles. The van der Waals surface area contributed by atoms with Crippen LogP contribution in [0.2, 0.25) is 0 Å². The van der Waals surface area contributed by atoms with Gasteiger partial charge in [0.2, 0.25) is 0 Å². The molecule has 0 radical (unpaired) electrons. The van der Waals surface area contributed by atoms with Crippen molar-refractivity contribution in [2.24, 2.45) is 0 Å². The summed E-state index contributed by atoms with van der Waals surface area (Å²) in [4.78, 5) is 4.03. The number of likely N-dealkylation sites (tertiary alicyclic amines) is 1. The summed E-state index contributed by atoms with van der Waals surface area (Å²) >= 11 is 1.84. The Hall–Kier alpha value is -0.380. The number of nitrogens with zero attached hydrogens (tertiary/aromatic N) is 1. The van der Waals surface area contributed by atoms with E-state index in [-0.39, 0.29) is 0 Å². The Morgan fingerprint density at radius 3 is 2.94 bits per heavy atom. The zero-order valence-corrected chi connectivity index (χ0v) is 10.9. The third-order valence-electron chi connectivity index (χ3n) is 3.27. The lowest BCUT2D eigenvalue weighted by molar-refractivity contribution is 0.328. The standard InChI is InChI=1S/C13H22N2S/c1-12(13-6-4-11-16-13)14-7-5-10-15-8-2-3-9-15/h4,6,11-12,14H,2-3,5,7-10H2,1H3/t12-/m1/s1. The molecule has 0 saturated carbocycles. The van der Waals surface area contributed by atoms with Crippen molar-refractivity contribution in [3.63, 3.8) is 0 Å². The first-order valence-electron chi connectivity index (χ1n) is 6.35. The van der Waals surface area contributed by atoms with Gasteiger partial charge in [0.1, 0.15) is 0 Å². The maximum Gasteiger partial charge on any atom is 0.0386 e. The fourth-order valence-electron chi connectivity index (χ4n) is 2.27. The highest BCUT2D eigenvalue weighted by Gasteiger charge is 2.10. The first kappa shape index (κ1) is 12.1. The number of nitrogens with one attached hydrogen (secondary N) is 1. The zero-order chi connectivity index (χ0) is 11.2. The van der Waals surface area contributed by atoms with Gasteiger partial charge in [0.25, 0.3) is 0 Å². The summed E-state index contributed by atoms with van der Waals surface area (Å²) in [6, 6.07) is 4.85. The lowest BCUT2D eigenvalue weighted by atomic mass is 10.2. The SMILES string of the molecule is C[C@@H](NCCCN1CCCC1)c1cccs1. The van der Waals surface area contributed by atoms with Crippen LogP contribution in [0.1, 0.15) is 37.1 Å². The van der Waals surface area contributed by atoms with Gasteiger partial charge in [-0.15, -0.1) is 11.3 Å². The van der Waals surface area contributed by atoms with E-state index < -0.39 is 0 Å². The van der Waals surface area contributed by atoms with Crippen LogP contribution in [0.15, 0.2) is 17.5 Å². The topological polar surface area (TPSA) is 15.3 Å². The van der Waals surface area contributed by atoms with Crippen molar-refractivity contribution in [1.82, 2.24) is 10.2 Å². The minimum absolute atomic E-state index is 0.513. The fraction of sp³-hybridized carbons (Fsp3) is 0.692. The van der Waals surface area contributed by atoms with Crippen molar-refractivity contribution in [2.45, 2.75) is 32.2 Å². The van der Waals surface area contributed by atoms with Crippen LogP contribution in [0.5, 0.6) is 0 Å². The highest BCUT2D eigenvalue weighted by atomic mass is 32.1. The third-order valence-corrected chi connectivity index (χ3v) is 4.33. The molecule has 2 nitrogen and oxygen atoms in total. The molecule has 1 fully saturated rings. The minimum Gasteiger partial charge on any atom is -0.309 e. The Kier molecular flexibility index (Phi) is 4.82. The predicted octanol–water partition coefficient (Wildman–Crippen LogP) is 2.88. The van der Waals surface area contributed by atoms with Gasteiger partial charge in [-0.1, -0.05) is 6.07 Å². The van der Waals surface area contributed by atoms with Crippen molar-refractivity contribution in [1.29, 1.82) is 0 Å². The number of hydrogen-bond donors (Lipinski definition) is 1. The van der Waals surface area contributed by atoms with E-state index in [1.165, 1.54) is 43.8 Å². The molecular formula is C13H22N2S. The molecule has 0 aromatic carbocycles. The van der Waals surface area contributed by atoms with Gasteiger partial charge in [0.15, 0.2) is 0 Å². The van der Waals surface area contributed by atoms with Gasteiger partial charge in [-0.2, -0.15) is 0 Å². The predicted molar refractivity (Wildman–Crippen MR) is 71.0 cm³/mol. The molecule has 1 saturated heterocycles. The summed E-state index contributed by atoms with van der Waals surface area (Å²) < 4.78 is 0. The van der Waals surface area contributed by atoms with Crippen LogP contribution in [0.25, 0.3) is 0 Å². The summed E-state index contributed by atoms with van der Waals surface area (Å²) in [5, 5.41) is 5.74. The van der Waals surface area contributed by atoms with Gasteiger partial charge in [0, 0.05) is 10.9 Å². The molecule has 1 aromatic heterocycles. The van der Waals surface area contributed by atoms with E-state index in [0.717, 1.165) is 6.54 Å². The van der Waals surface area contributed by atoms with E-state index in [9.17, 15) is 0 Å². The van der Waals surface area contributed by atoms with Gasteiger partial charge in [-0.25, -0.2) is 0 Å². The Bertz CT molecular complexity index is 278. The van der Waals surface area contributed by atoms with Crippen molar-refractivity contribution < 1.29 is 0 Å². The molecule has 0 unspecified atom stereocenters. The van der Waals surface area contributed by atoms with E-state index >= 15 is 0 Å². The number of hydrogen-bond acceptors (Lipinski definition) is 3. The van der Waals surface area contributed by atoms with Crippen molar-refractivity contribution in [3.05, 3.63) is 22.4 Å². The lowest BCUT2D eigenvalue weighted by Gasteiger charge is -2.16. The van der Waals surface area contributed by atoms with Crippen LogP contribution >= 0.6 is 11.3 Å². The van der Waals surface area contributed by atoms with E-state index in [4.69, 9.17) is 0 Å². The lowest BCUT2D eigenvalue weighted by Crippen LogP contribution is -2.26. The van der Waals surface area contributed by atoms with E-state index in [2.05, 4.69) is 34.7 Å². The summed E-state index contributed by atoms with van der Waals surface area (Å²) in [7, 11) is 0. The largest absolute Gasteiger partial charge is 0.309 e. The van der Waals surface area contributed by atoms with Crippen LogP contribution in [0.4, 0.5) is 0 Å². The average molecular weight is 238 g/mol. The molecule has 0 amide bonds. The van der Waals surface area contributed by atoms with Crippen LogP contribution in [0, 0.1) is 0 Å². The van der Waals surface area contributed by atoms with Crippen molar-refractivity contribution in [3.8, 4) is 0 Å². The molecular weight excluding hydrogens is 216 g/mol. The van der Waals surface area contributed by atoms with Gasteiger partial charge in [-0.3, -0.25) is 0 Å². The summed E-state index contributed by atoms with van der Waals surface area (Å²) in [5.74, 6) is 0. The Morgan fingerprint density at radius 1 is 1.44 bits per heavy atom. The number of rotatable bonds is 6. The normalized spacial score (nSPS) is 19.1. The Balaban J connectivity index is 1.57. The molecule has 1 N–H and O–H groups in total. The second-order valence-corrected chi connectivity index (χ2v) is 5.57. The summed E-state index contributed by atoms with van der Waals surface area (Å²) in [5.41, 5.74) is 0. The monoisotopic (exact) mass is 238 g/mol. The first-order valence-corrected chi connectivity index (χ1v) is 7.23. The van der Waals surface area contributed by atoms with Gasteiger partial charge >= 0.3 is 0 Å². The first-order chi connectivity index (χ1) is 7.86. The average Bonchev–Trinajstić information content (AvgIpc) is 2.96. The maximum atomic E-state index is 3.59. The summed E-state index contributed by atoms with van der Waals surface area (Å²) in [6.07, 6.45) is 4.08. The van der Waals surface area contributed by atoms with Crippen LogP contribution < -0.4 is 5.32 Å². The van der Waals surface area contributed by atoms with Gasteiger partial charge in [-0.05, 0) is 63.8 Å². The quantitative estimate of drug-likeness (QED) is 0.767. The van der Waals surface area contributed by atoms with Crippen molar-refractivity contribution >= 4 is 11.3 Å². The molecule has 2 heterocycles. The molecule has 0 bridgehead atoms. The van der Waals surface area contributed by atoms with Crippen LogP contribution in [-0.2, 0) is 0 Å². The highest BCUT2D eigenvalue weighted by molar-refractivity contribution is 7.10.